The van der Waals surface area contributed by atoms with Crippen LogP contribution in [0.3, 0.4) is 0 Å². The van der Waals surface area contributed by atoms with E-state index in [1.54, 1.807) is 32.2 Å². The molecule has 1 atom stereocenters. The van der Waals surface area contributed by atoms with Gasteiger partial charge in [-0.3, -0.25) is 9.78 Å². The lowest BCUT2D eigenvalue weighted by Gasteiger charge is -2.21. The molecular formula is C17H20ClN3O3S. The first kappa shape index (κ1) is 19.4. The second-order valence-corrected chi connectivity index (χ2v) is 7.99. The van der Waals surface area contributed by atoms with E-state index in [-0.39, 0.29) is 17.4 Å². The van der Waals surface area contributed by atoms with E-state index in [2.05, 4.69) is 15.0 Å². The van der Waals surface area contributed by atoms with Gasteiger partial charge in [-0.25, -0.2) is 8.42 Å². The first-order valence-corrected chi connectivity index (χ1v) is 9.61. The topological polar surface area (TPSA) is 88.2 Å². The Labute approximate surface area is 152 Å². The third-order valence-corrected chi connectivity index (χ3v) is 5.23. The molecule has 0 aliphatic carbocycles. The molecule has 2 N–H and O–H groups in total. The van der Waals surface area contributed by atoms with Crippen molar-refractivity contribution in [2.24, 2.45) is 5.92 Å². The Morgan fingerprint density at radius 3 is 2.40 bits per heavy atom. The largest absolute Gasteiger partial charge is 0.349 e. The van der Waals surface area contributed by atoms with Crippen LogP contribution in [0, 0.1) is 5.92 Å². The molecule has 134 valence electrons. The maximum atomic E-state index is 12.5. The summed E-state index contributed by atoms with van der Waals surface area (Å²) in [6, 6.07) is 10.2. The van der Waals surface area contributed by atoms with E-state index in [1.807, 2.05) is 6.07 Å². The van der Waals surface area contributed by atoms with Crippen LogP contribution in [0.5, 0.6) is 0 Å². The van der Waals surface area contributed by atoms with Gasteiger partial charge in [-0.05, 0) is 42.3 Å². The molecule has 25 heavy (non-hydrogen) atoms. The van der Waals surface area contributed by atoms with Gasteiger partial charge in [0.1, 0.15) is 6.04 Å². The van der Waals surface area contributed by atoms with Crippen molar-refractivity contribution in [2.45, 2.75) is 31.3 Å². The number of carbonyl (C=O) groups excluding carboxylic acids is 1. The number of halogens is 1. The molecule has 0 saturated heterocycles. The summed E-state index contributed by atoms with van der Waals surface area (Å²) in [6.45, 7) is 3.77. The number of hydrogen-bond donors (Lipinski definition) is 2. The van der Waals surface area contributed by atoms with Crippen LogP contribution < -0.4 is 10.0 Å². The summed E-state index contributed by atoms with van der Waals surface area (Å²) < 4.78 is 27.4. The van der Waals surface area contributed by atoms with Crippen molar-refractivity contribution in [3.8, 4) is 0 Å². The van der Waals surface area contributed by atoms with Crippen LogP contribution in [-0.2, 0) is 21.4 Å². The van der Waals surface area contributed by atoms with Gasteiger partial charge in [-0.1, -0.05) is 31.5 Å². The van der Waals surface area contributed by atoms with Gasteiger partial charge in [0.15, 0.2) is 0 Å². The number of nitrogens with zero attached hydrogens (tertiary/aromatic N) is 1. The molecule has 0 aliphatic heterocycles. The third kappa shape index (κ3) is 5.52. The fourth-order valence-corrected chi connectivity index (χ4v) is 3.60. The minimum Gasteiger partial charge on any atom is -0.349 e. The van der Waals surface area contributed by atoms with Gasteiger partial charge in [0.2, 0.25) is 15.9 Å². The normalized spacial score (nSPS) is 12.8. The molecule has 0 fully saturated rings. The second kappa shape index (κ2) is 8.42. The Morgan fingerprint density at radius 2 is 1.84 bits per heavy atom. The predicted octanol–water partition coefficient (Wildman–Crippen LogP) is 2.35. The molecule has 1 heterocycles. The van der Waals surface area contributed by atoms with Crippen LogP contribution >= 0.6 is 11.6 Å². The van der Waals surface area contributed by atoms with E-state index in [1.165, 1.54) is 24.3 Å². The lowest BCUT2D eigenvalue weighted by Crippen LogP contribution is -2.49. The summed E-state index contributed by atoms with van der Waals surface area (Å²) >= 11 is 5.78. The zero-order valence-corrected chi connectivity index (χ0v) is 15.5. The Bertz CT molecular complexity index is 809. The summed E-state index contributed by atoms with van der Waals surface area (Å²) in [4.78, 5) is 16.6. The van der Waals surface area contributed by atoms with Gasteiger partial charge in [0.25, 0.3) is 0 Å². The van der Waals surface area contributed by atoms with Crippen molar-refractivity contribution in [1.82, 2.24) is 15.0 Å². The fourth-order valence-electron chi connectivity index (χ4n) is 2.13. The van der Waals surface area contributed by atoms with Crippen molar-refractivity contribution in [3.05, 3.63) is 59.4 Å². The first-order valence-electron chi connectivity index (χ1n) is 7.75. The number of rotatable bonds is 7. The summed E-state index contributed by atoms with van der Waals surface area (Å²) in [6.07, 6.45) is 1.63. The number of pyridine rings is 1. The van der Waals surface area contributed by atoms with Gasteiger partial charge in [0.05, 0.1) is 17.1 Å². The quantitative estimate of drug-likeness (QED) is 0.770. The Morgan fingerprint density at radius 1 is 1.16 bits per heavy atom. The summed E-state index contributed by atoms with van der Waals surface area (Å²) in [5.41, 5.74) is 0.693. The molecule has 1 unspecified atom stereocenters. The van der Waals surface area contributed by atoms with Crippen molar-refractivity contribution in [1.29, 1.82) is 0 Å². The van der Waals surface area contributed by atoms with E-state index in [0.717, 1.165) is 0 Å². The van der Waals surface area contributed by atoms with Crippen LogP contribution in [0.25, 0.3) is 0 Å². The summed E-state index contributed by atoms with van der Waals surface area (Å²) in [5.74, 6) is -0.635. The molecular weight excluding hydrogens is 362 g/mol. The van der Waals surface area contributed by atoms with Crippen LogP contribution in [0.4, 0.5) is 0 Å². The molecule has 2 aromatic rings. The van der Waals surface area contributed by atoms with E-state index < -0.39 is 22.0 Å². The average molecular weight is 382 g/mol. The van der Waals surface area contributed by atoms with Crippen molar-refractivity contribution in [2.75, 3.05) is 0 Å². The highest BCUT2D eigenvalue weighted by molar-refractivity contribution is 7.89. The lowest BCUT2D eigenvalue weighted by atomic mass is 10.1. The third-order valence-electron chi connectivity index (χ3n) is 3.53. The van der Waals surface area contributed by atoms with Gasteiger partial charge in [-0.15, -0.1) is 0 Å². The fraction of sp³-hybridized carbons (Fsp3) is 0.294. The second-order valence-electron chi connectivity index (χ2n) is 5.84. The minimum absolute atomic E-state index is 0.0556. The molecule has 0 bridgehead atoms. The number of sulfonamides is 1. The highest BCUT2D eigenvalue weighted by atomic mass is 35.5. The lowest BCUT2D eigenvalue weighted by molar-refractivity contribution is -0.123. The maximum absolute atomic E-state index is 12.5. The van der Waals surface area contributed by atoms with Crippen molar-refractivity contribution >= 4 is 27.5 Å². The average Bonchev–Trinajstić information content (AvgIpc) is 2.58. The van der Waals surface area contributed by atoms with Crippen LogP contribution in [0.2, 0.25) is 5.02 Å². The monoisotopic (exact) mass is 381 g/mol. The van der Waals surface area contributed by atoms with Crippen molar-refractivity contribution in [3.63, 3.8) is 0 Å². The molecule has 0 saturated carbocycles. The van der Waals surface area contributed by atoms with Gasteiger partial charge >= 0.3 is 0 Å². The first-order chi connectivity index (χ1) is 11.8. The zero-order valence-electron chi connectivity index (χ0n) is 13.9. The number of nitrogens with one attached hydrogen (secondary N) is 2. The van der Waals surface area contributed by atoms with Crippen LogP contribution in [0.1, 0.15) is 19.5 Å². The number of carbonyl (C=O) groups is 1. The molecule has 1 aromatic carbocycles. The molecule has 0 aliphatic rings. The number of benzene rings is 1. The predicted molar refractivity (Wildman–Crippen MR) is 96.5 cm³/mol. The molecule has 1 amide bonds. The van der Waals surface area contributed by atoms with Gasteiger partial charge in [0, 0.05) is 11.2 Å². The van der Waals surface area contributed by atoms with Crippen LogP contribution in [-0.4, -0.2) is 25.4 Å². The highest BCUT2D eigenvalue weighted by Crippen LogP contribution is 2.15. The molecule has 0 spiro atoms. The molecule has 1 aromatic heterocycles. The smallest absolute Gasteiger partial charge is 0.241 e. The Kier molecular flexibility index (Phi) is 6.52. The van der Waals surface area contributed by atoms with E-state index in [9.17, 15) is 13.2 Å². The minimum atomic E-state index is -3.83. The maximum Gasteiger partial charge on any atom is 0.241 e. The van der Waals surface area contributed by atoms with E-state index >= 15 is 0 Å². The highest BCUT2D eigenvalue weighted by Gasteiger charge is 2.28. The molecule has 0 radical (unpaired) electrons. The Balaban J connectivity index is 2.09. The number of aromatic nitrogens is 1. The van der Waals surface area contributed by atoms with Crippen LogP contribution in [0.15, 0.2) is 53.6 Å². The molecule has 6 nitrogen and oxygen atoms in total. The van der Waals surface area contributed by atoms with Gasteiger partial charge < -0.3 is 5.32 Å². The summed E-state index contributed by atoms with van der Waals surface area (Å²) in [7, 11) is -3.83. The van der Waals surface area contributed by atoms with E-state index in [0.29, 0.717) is 10.7 Å². The Hall–Kier alpha value is -1.96. The molecule has 8 heteroatoms. The SMILES string of the molecule is CC(C)C(NS(=O)(=O)c1ccc(Cl)cc1)C(=O)NCc1ccccn1. The van der Waals surface area contributed by atoms with E-state index in [4.69, 9.17) is 11.6 Å². The standard InChI is InChI=1S/C17H20ClN3O3S/c1-12(2)16(17(22)20-11-14-5-3-4-10-19-14)21-25(23,24)15-8-6-13(18)7-9-15/h3-10,12,16,21H,11H2,1-2H3,(H,20,22). The molecule has 2 rings (SSSR count). The number of hydrogen-bond acceptors (Lipinski definition) is 4. The van der Waals surface area contributed by atoms with Crippen molar-refractivity contribution < 1.29 is 13.2 Å². The zero-order chi connectivity index (χ0) is 18.4. The summed E-state index contributed by atoms with van der Waals surface area (Å²) in [5, 5.41) is 3.15. The van der Waals surface area contributed by atoms with Gasteiger partial charge in [-0.2, -0.15) is 4.72 Å². The number of amides is 1.